The molecule has 2 unspecified atom stereocenters. The van der Waals surface area contributed by atoms with Crippen LogP contribution >= 0.6 is 0 Å². The van der Waals surface area contributed by atoms with Gasteiger partial charge < -0.3 is 10.0 Å². The highest BCUT2D eigenvalue weighted by Gasteiger charge is 2.66. The van der Waals surface area contributed by atoms with Gasteiger partial charge in [-0.3, -0.25) is 14.6 Å². The average Bonchev–Trinajstić information content (AvgIpc) is 2.99. The van der Waals surface area contributed by atoms with E-state index >= 15 is 0 Å². The summed E-state index contributed by atoms with van der Waals surface area (Å²) in [6.45, 7) is 4.22. The largest absolute Gasteiger partial charge is 0.481 e. The van der Waals surface area contributed by atoms with E-state index in [-0.39, 0.29) is 5.91 Å². The number of carbonyl (C=O) groups is 2. The molecule has 0 bridgehead atoms. The number of aliphatic carboxylic acids is 1. The molecular weight excluding hydrogens is 256 g/mol. The molecule has 1 aromatic heterocycles. The molecule has 5 nitrogen and oxygen atoms in total. The van der Waals surface area contributed by atoms with E-state index < -0.39 is 23.2 Å². The van der Waals surface area contributed by atoms with Gasteiger partial charge in [-0.2, -0.15) is 0 Å². The lowest BCUT2D eigenvalue weighted by atomic mass is 10.1. The molecule has 5 heteroatoms. The predicted molar refractivity (Wildman–Crippen MR) is 74.0 cm³/mol. The fraction of sp³-hybridized carbons (Fsp3) is 0.533. The molecule has 2 atom stereocenters. The Morgan fingerprint density at radius 2 is 2.05 bits per heavy atom. The molecule has 1 saturated carbocycles. The van der Waals surface area contributed by atoms with Crippen molar-refractivity contribution in [2.75, 3.05) is 13.6 Å². The number of pyridine rings is 1. The summed E-state index contributed by atoms with van der Waals surface area (Å²) >= 11 is 0. The van der Waals surface area contributed by atoms with Gasteiger partial charge in [0.05, 0.1) is 11.8 Å². The minimum atomic E-state index is -0.883. The molecular formula is C15H20N2O3. The van der Waals surface area contributed by atoms with E-state index in [1.165, 1.54) is 0 Å². The first kappa shape index (κ1) is 14.5. The first-order valence-electron chi connectivity index (χ1n) is 6.73. The van der Waals surface area contributed by atoms with Gasteiger partial charge in [-0.05, 0) is 17.5 Å². The highest BCUT2D eigenvalue weighted by atomic mass is 16.4. The van der Waals surface area contributed by atoms with Gasteiger partial charge in [-0.15, -0.1) is 0 Å². The smallest absolute Gasteiger partial charge is 0.307 e. The molecule has 0 aromatic carbocycles. The third kappa shape index (κ3) is 2.66. The van der Waals surface area contributed by atoms with E-state index in [2.05, 4.69) is 4.98 Å². The van der Waals surface area contributed by atoms with E-state index in [1.807, 2.05) is 32.0 Å². The molecule has 0 saturated heterocycles. The van der Waals surface area contributed by atoms with Crippen LogP contribution in [0, 0.1) is 17.3 Å². The van der Waals surface area contributed by atoms with Crippen molar-refractivity contribution >= 4 is 11.9 Å². The number of carbonyl (C=O) groups excluding carboxylic acids is 1. The Bertz CT molecular complexity index is 513. The van der Waals surface area contributed by atoms with Gasteiger partial charge in [-0.25, -0.2) is 0 Å². The summed E-state index contributed by atoms with van der Waals surface area (Å²) in [5.74, 6) is -1.94. The van der Waals surface area contributed by atoms with Crippen molar-refractivity contribution in [1.82, 2.24) is 9.88 Å². The van der Waals surface area contributed by atoms with Gasteiger partial charge in [0.25, 0.3) is 0 Å². The van der Waals surface area contributed by atoms with Gasteiger partial charge in [0, 0.05) is 31.9 Å². The van der Waals surface area contributed by atoms with Crippen LogP contribution in [-0.4, -0.2) is 40.5 Å². The van der Waals surface area contributed by atoms with Crippen LogP contribution in [0.2, 0.25) is 0 Å². The maximum atomic E-state index is 12.3. The summed E-state index contributed by atoms with van der Waals surface area (Å²) in [4.78, 5) is 29.2. The van der Waals surface area contributed by atoms with E-state index in [4.69, 9.17) is 5.11 Å². The van der Waals surface area contributed by atoms with Crippen LogP contribution in [-0.2, 0) is 16.0 Å². The number of aromatic nitrogens is 1. The number of nitrogens with zero attached hydrogens (tertiary/aromatic N) is 2. The van der Waals surface area contributed by atoms with Crippen LogP contribution in [0.3, 0.4) is 0 Å². The second-order valence-electron chi connectivity index (χ2n) is 5.95. The Morgan fingerprint density at radius 3 is 2.55 bits per heavy atom. The Morgan fingerprint density at radius 1 is 1.35 bits per heavy atom. The summed E-state index contributed by atoms with van der Waals surface area (Å²) < 4.78 is 0. The zero-order valence-corrected chi connectivity index (χ0v) is 12.0. The third-order valence-electron chi connectivity index (χ3n) is 4.17. The molecule has 0 radical (unpaired) electrons. The number of likely N-dealkylation sites (N-methyl/N-ethyl adjacent to an activating group) is 1. The number of amides is 1. The molecule has 1 heterocycles. The molecule has 0 aliphatic heterocycles. The SMILES string of the molecule is CN(CCc1ccccn1)C(=O)C1C(C(=O)O)C1(C)C. The number of hydrogen-bond acceptors (Lipinski definition) is 3. The number of rotatable bonds is 5. The van der Waals surface area contributed by atoms with Crippen LogP contribution in [0.5, 0.6) is 0 Å². The molecule has 1 N–H and O–H groups in total. The van der Waals surface area contributed by atoms with Crippen molar-refractivity contribution in [3.63, 3.8) is 0 Å². The predicted octanol–water partition coefficient (Wildman–Crippen LogP) is 1.44. The Hall–Kier alpha value is -1.91. The Labute approximate surface area is 118 Å². The molecule has 108 valence electrons. The summed E-state index contributed by atoms with van der Waals surface area (Å²) in [5.41, 5.74) is 0.485. The first-order chi connectivity index (χ1) is 9.35. The Balaban J connectivity index is 1.92. The van der Waals surface area contributed by atoms with Crippen molar-refractivity contribution in [1.29, 1.82) is 0 Å². The third-order valence-corrected chi connectivity index (χ3v) is 4.17. The average molecular weight is 276 g/mol. The van der Waals surface area contributed by atoms with Crippen LogP contribution in [0.15, 0.2) is 24.4 Å². The molecule has 2 rings (SSSR count). The number of carboxylic acids is 1. The van der Waals surface area contributed by atoms with Gasteiger partial charge in [0.15, 0.2) is 0 Å². The van der Waals surface area contributed by atoms with E-state index in [9.17, 15) is 9.59 Å². The molecule has 1 aromatic rings. The maximum Gasteiger partial charge on any atom is 0.307 e. The van der Waals surface area contributed by atoms with E-state index in [0.717, 1.165) is 5.69 Å². The molecule has 20 heavy (non-hydrogen) atoms. The monoisotopic (exact) mass is 276 g/mol. The summed E-state index contributed by atoms with van der Waals surface area (Å²) in [6, 6.07) is 5.68. The summed E-state index contributed by atoms with van der Waals surface area (Å²) in [7, 11) is 1.72. The topological polar surface area (TPSA) is 70.5 Å². The summed E-state index contributed by atoms with van der Waals surface area (Å²) in [5, 5.41) is 9.12. The fourth-order valence-corrected chi connectivity index (χ4v) is 2.74. The van der Waals surface area contributed by atoms with E-state index in [0.29, 0.717) is 13.0 Å². The minimum absolute atomic E-state index is 0.0849. The molecule has 1 amide bonds. The second kappa shape index (κ2) is 5.23. The standard InChI is InChI=1S/C15H20N2O3/c1-15(2)11(12(15)14(19)20)13(18)17(3)9-7-10-6-4-5-8-16-10/h4-6,8,11-12H,7,9H2,1-3H3,(H,19,20). The molecule has 1 fully saturated rings. The number of carboxylic acid groups (broad SMARTS) is 1. The normalized spacial score (nSPS) is 23.1. The van der Waals surface area contributed by atoms with Gasteiger partial charge in [0.2, 0.25) is 5.91 Å². The van der Waals surface area contributed by atoms with Gasteiger partial charge in [-0.1, -0.05) is 19.9 Å². The van der Waals surface area contributed by atoms with Crippen molar-refractivity contribution in [2.24, 2.45) is 17.3 Å². The highest BCUT2D eigenvalue weighted by Crippen LogP contribution is 2.58. The van der Waals surface area contributed by atoms with Crippen LogP contribution in [0.4, 0.5) is 0 Å². The lowest BCUT2D eigenvalue weighted by molar-refractivity contribution is -0.141. The minimum Gasteiger partial charge on any atom is -0.481 e. The van der Waals surface area contributed by atoms with Crippen LogP contribution < -0.4 is 0 Å². The lowest BCUT2D eigenvalue weighted by Crippen LogP contribution is -2.32. The zero-order valence-electron chi connectivity index (χ0n) is 12.0. The zero-order chi connectivity index (χ0) is 14.9. The van der Waals surface area contributed by atoms with E-state index in [1.54, 1.807) is 18.1 Å². The maximum absolute atomic E-state index is 12.3. The van der Waals surface area contributed by atoms with Crippen molar-refractivity contribution in [3.8, 4) is 0 Å². The highest BCUT2D eigenvalue weighted by molar-refractivity contribution is 5.91. The molecule has 1 aliphatic carbocycles. The quantitative estimate of drug-likeness (QED) is 0.883. The Kier molecular flexibility index (Phi) is 3.79. The van der Waals surface area contributed by atoms with Crippen LogP contribution in [0.1, 0.15) is 19.5 Å². The molecule has 1 aliphatic rings. The van der Waals surface area contributed by atoms with Crippen molar-refractivity contribution in [3.05, 3.63) is 30.1 Å². The fourth-order valence-electron chi connectivity index (χ4n) is 2.74. The van der Waals surface area contributed by atoms with Crippen molar-refractivity contribution in [2.45, 2.75) is 20.3 Å². The van der Waals surface area contributed by atoms with Crippen LogP contribution in [0.25, 0.3) is 0 Å². The lowest BCUT2D eigenvalue weighted by Gasteiger charge is -2.17. The first-order valence-corrected chi connectivity index (χ1v) is 6.73. The van der Waals surface area contributed by atoms with Gasteiger partial charge >= 0.3 is 5.97 Å². The molecule has 0 spiro atoms. The second-order valence-corrected chi connectivity index (χ2v) is 5.95. The summed E-state index contributed by atoms with van der Waals surface area (Å²) in [6.07, 6.45) is 2.40. The van der Waals surface area contributed by atoms with Gasteiger partial charge in [0.1, 0.15) is 0 Å². The number of hydrogen-bond donors (Lipinski definition) is 1. The van der Waals surface area contributed by atoms with Crippen molar-refractivity contribution < 1.29 is 14.7 Å².